The molecule has 15 unspecified atom stereocenters. The maximum atomic E-state index is 11.8. The summed E-state index contributed by atoms with van der Waals surface area (Å²) in [5.41, 5.74) is 0. The van der Waals surface area contributed by atoms with Crippen molar-refractivity contribution in [2.24, 2.45) is 0 Å². The summed E-state index contributed by atoms with van der Waals surface area (Å²) in [7, 11) is 0. The van der Waals surface area contributed by atoms with E-state index in [-0.39, 0.29) is 0 Å². The third kappa shape index (κ3) is 8.02. The van der Waals surface area contributed by atoms with Gasteiger partial charge in [-0.05, 0) is 6.92 Å². The molecule has 0 aliphatic carbocycles. The summed E-state index contributed by atoms with van der Waals surface area (Å²) < 4.78 is 26.8. The van der Waals surface area contributed by atoms with E-state index in [1.165, 1.54) is 6.92 Å². The highest BCUT2D eigenvalue weighted by molar-refractivity contribution is 5.73. The molecule has 15 atom stereocenters. The number of hydrogen-bond donors (Lipinski definition) is 10. The van der Waals surface area contributed by atoms with Gasteiger partial charge in [-0.1, -0.05) is 27.7 Å². The average Bonchev–Trinajstić information content (AvgIpc) is 2.94. The molecular weight excluding hydrogens is 532 g/mol. The highest BCUT2D eigenvalue weighted by Gasteiger charge is 2.54. The molecule has 3 rings (SSSR count). The third-order valence-electron chi connectivity index (χ3n) is 6.32. The van der Waals surface area contributed by atoms with Crippen LogP contribution in [0.4, 0.5) is 0 Å². The van der Waals surface area contributed by atoms with E-state index >= 15 is 0 Å². The summed E-state index contributed by atoms with van der Waals surface area (Å²) in [6.45, 7) is 7.81. The van der Waals surface area contributed by atoms with E-state index < -0.39 is 111 Å². The minimum absolute atomic E-state index is 0.742. The van der Waals surface area contributed by atoms with Crippen LogP contribution >= 0.6 is 0 Å². The molecule has 3 heterocycles. The van der Waals surface area contributed by atoms with Crippen LogP contribution in [0.15, 0.2) is 0 Å². The van der Waals surface area contributed by atoms with Gasteiger partial charge in [0, 0.05) is 0 Å². The Bertz CT molecular complexity index is 710. The van der Waals surface area contributed by atoms with Crippen LogP contribution in [0.25, 0.3) is 0 Å². The van der Waals surface area contributed by atoms with E-state index in [1.807, 2.05) is 27.7 Å². The SMILES string of the molecule is CC.CC.CC1OC(C(=O)O)C(OC2OC(CO)C(O)C(O)C2O)C(O)C1OC1OC(CO)C(O)C(O)C1O. The average molecular weight is 577 g/mol. The van der Waals surface area contributed by atoms with Gasteiger partial charge in [-0.15, -0.1) is 0 Å². The van der Waals surface area contributed by atoms with E-state index in [0.29, 0.717) is 0 Å². The Balaban J connectivity index is 0.00000181. The molecule has 0 saturated carbocycles. The zero-order valence-corrected chi connectivity index (χ0v) is 22.5. The molecule has 3 saturated heterocycles. The normalized spacial score (nSPS) is 46.3. The Morgan fingerprint density at radius 3 is 1.36 bits per heavy atom. The summed E-state index contributed by atoms with van der Waals surface area (Å²) in [6, 6.07) is 0. The number of hydrogen-bond acceptors (Lipinski definition) is 15. The van der Waals surface area contributed by atoms with Crippen molar-refractivity contribution in [1.82, 2.24) is 0 Å². The molecule has 0 spiro atoms. The predicted molar refractivity (Wildman–Crippen MR) is 128 cm³/mol. The first-order valence-corrected chi connectivity index (χ1v) is 12.9. The lowest BCUT2D eigenvalue weighted by molar-refractivity contribution is -0.360. The van der Waals surface area contributed by atoms with Gasteiger partial charge < -0.3 is 74.7 Å². The second kappa shape index (κ2) is 16.4. The monoisotopic (exact) mass is 576 g/mol. The molecular formula is C23H44O16. The molecule has 3 fully saturated rings. The van der Waals surface area contributed by atoms with Crippen LogP contribution in [0, 0.1) is 0 Å². The first kappa shape index (κ1) is 35.9. The molecule has 0 aromatic heterocycles. The van der Waals surface area contributed by atoms with Crippen molar-refractivity contribution in [1.29, 1.82) is 0 Å². The van der Waals surface area contributed by atoms with Gasteiger partial charge >= 0.3 is 5.97 Å². The van der Waals surface area contributed by atoms with Crippen molar-refractivity contribution in [3.05, 3.63) is 0 Å². The predicted octanol–water partition coefficient (Wildman–Crippen LogP) is -4.36. The van der Waals surface area contributed by atoms with Crippen molar-refractivity contribution in [3.63, 3.8) is 0 Å². The summed E-state index contributed by atoms with van der Waals surface area (Å²) in [5, 5.41) is 99.3. The molecule has 0 bridgehead atoms. The quantitative estimate of drug-likeness (QED) is 0.137. The Morgan fingerprint density at radius 2 is 1.00 bits per heavy atom. The zero-order chi connectivity index (χ0) is 30.2. The molecule has 3 aliphatic rings. The number of carboxylic acid groups (broad SMARTS) is 1. The van der Waals surface area contributed by atoms with Crippen LogP contribution in [0.2, 0.25) is 0 Å². The lowest BCUT2D eigenvalue weighted by atomic mass is 9.93. The van der Waals surface area contributed by atoms with Gasteiger partial charge in [0.25, 0.3) is 0 Å². The second-order valence-electron chi connectivity index (χ2n) is 8.69. The second-order valence-corrected chi connectivity index (χ2v) is 8.69. The van der Waals surface area contributed by atoms with Crippen LogP contribution < -0.4 is 0 Å². The van der Waals surface area contributed by atoms with Crippen molar-refractivity contribution < 1.29 is 79.5 Å². The fourth-order valence-electron chi connectivity index (χ4n) is 4.24. The van der Waals surface area contributed by atoms with E-state index in [9.17, 15) is 55.9 Å². The molecule has 16 heteroatoms. The minimum atomic E-state index is -1.90. The topological polar surface area (TPSA) is 266 Å². The zero-order valence-electron chi connectivity index (χ0n) is 22.5. The first-order chi connectivity index (χ1) is 18.4. The first-order valence-electron chi connectivity index (χ1n) is 12.9. The molecule has 10 N–H and O–H groups in total. The van der Waals surface area contributed by atoms with E-state index in [2.05, 4.69) is 0 Å². The Kier molecular flexibility index (Phi) is 15.1. The van der Waals surface area contributed by atoms with Crippen LogP contribution in [0.1, 0.15) is 34.6 Å². The van der Waals surface area contributed by atoms with Crippen LogP contribution in [0.5, 0.6) is 0 Å². The maximum Gasteiger partial charge on any atom is 0.335 e. The molecule has 0 aromatic carbocycles. The van der Waals surface area contributed by atoms with Gasteiger partial charge in [0.15, 0.2) is 18.7 Å². The number of rotatable bonds is 7. The van der Waals surface area contributed by atoms with E-state index in [0.717, 1.165) is 0 Å². The number of carboxylic acids is 1. The van der Waals surface area contributed by atoms with Crippen molar-refractivity contribution in [3.8, 4) is 0 Å². The van der Waals surface area contributed by atoms with Gasteiger partial charge in [0.05, 0.1) is 19.3 Å². The lowest BCUT2D eigenvalue weighted by Gasteiger charge is -2.47. The van der Waals surface area contributed by atoms with Crippen LogP contribution in [-0.4, -0.2) is 162 Å². The molecule has 39 heavy (non-hydrogen) atoms. The van der Waals surface area contributed by atoms with Gasteiger partial charge in [0.1, 0.15) is 67.1 Å². The third-order valence-corrected chi connectivity index (χ3v) is 6.32. The fourth-order valence-corrected chi connectivity index (χ4v) is 4.24. The van der Waals surface area contributed by atoms with Crippen LogP contribution in [0.3, 0.4) is 0 Å². The highest BCUT2D eigenvalue weighted by Crippen LogP contribution is 2.32. The summed E-state index contributed by atoms with van der Waals surface area (Å²) >= 11 is 0. The number of ether oxygens (including phenoxy) is 5. The smallest absolute Gasteiger partial charge is 0.335 e. The fraction of sp³-hybridized carbons (Fsp3) is 0.957. The molecule has 232 valence electrons. The summed E-state index contributed by atoms with van der Waals surface area (Å²) in [5.74, 6) is -1.57. The number of carbonyl (C=O) groups is 1. The molecule has 0 radical (unpaired) electrons. The maximum absolute atomic E-state index is 11.8. The van der Waals surface area contributed by atoms with E-state index in [1.54, 1.807) is 0 Å². The van der Waals surface area contributed by atoms with Gasteiger partial charge in [-0.3, -0.25) is 0 Å². The molecule has 0 amide bonds. The van der Waals surface area contributed by atoms with Crippen molar-refractivity contribution in [2.75, 3.05) is 13.2 Å². The Labute approximate surface area is 225 Å². The molecule has 3 aliphatic heterocycles. The van der Waals surface area contributed by atoms with Crippen LogP contribution in [-0.2, 0) is 28.5 Å². The van der Waals surface area contributed by atoms with Gasteiger partial charge in [0.2, 0.25) is 0 Å². The summed E-state index contributed by atoms with van der Waals surface area (Å²) in [4.78, 5) is 11.8. The number of aliphatic hydroxyl groups excluding tert-OH is 9. The minimum Gasteiger partial charge on any atom is -0.479 e. The Morgan fingerprint density at radius 1 is 0.615 bits per heavy atom. The Hall–Kier alpha value is -1.09. The van der Waals surface area contributed by atoms with Crippen molar-refractivity contribution >= 4 is 5.97 Å². The highest BCUT2D eigenvalue weighted by atomic mass is 16.7. The standard InChI is InChI=1S/C19H32O16.2C2H6/c1-4-14(34-18-11(26)9(24)7(22)5(2-20)32-18)13(28)15(16(31-4)17(29)30)35-19-12(27)10(25)8(23)6(3-21)33-19;2*1-2/h4-16,18-28H,2-3H2,1H3,(H,29,30);2*1-2H3. The van der Waals surface area contributed by atoms with Gasteiger partial charge in [-0.2, -0.15) is 0 Å². The lowest BCUT2D eigenvalue weighted by Crippen LogP contribution is -2.66. The molecule has 16 nitrogen and oxygen atoms in total. The van der Waals surface area contributed by atoms with Gasteiger partial charge in [-0.25, -0.2) is 4.79 Å². The summed E-state index contributed by atoms with van der Waals surface area (Å²) in [6.07, 6.45) is -25.0. The molecule has 0 aromatic rings. The van der Waals surface area contributed by atoms with E-state index in [4.69, 9.17) is 23.7 Å². The number of aliphatic carboxylic acids is 1. The number of aliphatic hydroxyl groups is 9. The van der Waals surface area contributed by atoms with Crippen molar-refractivity contribution in [2.45, 2.75) is 127 Å². The largest absolute Gasteiger partial charge is 0.479 e.